The first-order valence-electron chi connectivity index (χ1n) is 9.68. The van der Waals surface area contributed by atoms with Crippen LogP contribution in [0.5, 0.6) is 0 Å². The number of aromatic nitrogens is 2. The van der Waals surface area contributed by atoms with Crippen LogP contribution < -0.4 is 5.56 Å². The zero-order valence-electron chi connectivity index (χ0n) is 17.1. The molecule has 31 heavy (non-hydrogen) atoms. The molecule has 4 rings (SSSR count). The highest BCUT2D eigenvalue weighted by Gasteiger charge is 2.18. The van der Waals surface area contributed by atoms with Gasteiger partial charge in [0.05, 0.1) is 13.7 Å². The van der Waals surface area contributed by atoms with Gasteiger partial charge in [-0.3, -0.25) is 9.59 Å². The minimum absolute atomic E-state index is 0.0589. The number of fused-ring (bicyclic) bond motifs is 1. The fourth-order valence-corrected chi connectivity index (χ4v) is 4.02. The Kier molecular flexibility index (Phi) is 5.65. The number of benzene rings is 2. The van der Waals surface area contributed by atoms with Crippen LogP contribution in [0.4, 0.5) is 4.39 Å². The predicted molar refractivity (Wildman–Crippen MR) is 119 cm³/mol. The van der Waals surface area contributed by atoms with E-state index in [0.717, 1.165) is 27.7 Å². The van der Waals surface area contributed by atoms with E-state index in [1.165, 1.54) is 29.9 Å². The molecule has 0 radical (unpaired) electrons. The highest BCUT2D eigenvalue weighted by molar-refractivity contribution is 6.31. The lowest BCUT2D eigenvalue weighted by Gasteiger charge is -2.10. The van der Waals surface area contributed by atoms with Gasteiger partial charge in [-0.2, -0.15) is 0 Å². The molecule has 0 aliphatic carbocycles. The summed E-state index contributed by atoms with van der Waals surface area (Å²) < 4.78 is 21.8. The maximum Gasteiger partial charge on any atom is 0.325 e. The number of carbonyl (C=O) groups excluding carboxylic acids is 1. The molecule has 158 valence electrons. The highest BCUT2D eigenvalue weighted by atomic mass is 35.5. The van der Waals surface area contributed by atoms with Gasteiger partial charge in [0.2, 0.25) is 0 Å². The number of rotatable bonds is 5. The van der Waals surface area contributed by atoms with E-state index in [9.17, 15) is 14.0 Å². The summed E-state index contributed by atoms with van der Waals surface area (Å²) in [6.07, 6.45) is 1.75. The first-order valence-corrected chi connectivity index (χ1v) is 10.1. The van der Waals surface area contributed by atoms with Crippen LogP contribution in [0.1, 0.15) is 11.3 Å². The fourth-order valence-electron chi connectivity index (χ4n) is 3.85. The third-order valence-corrected chi connectivity index (χ3v) is 5.55. The van der Waals surface area contributed by atoms with Crippen LogP contribution in [-0.4, -0.2) is 22.2 Å². The third-order valence-electron chi connectivity index (χ3n) is 5.31. The molecule has 2 heterocycles. The van der Waals surface area contributed by atoms with Gasteiger partial charge in [0.25, 0.3) is 5.56 Å². The molecule has 0 spiro atoms. The first kappa shape index (κ1) is 20.9. The quantitative estimate of drug-likeness (QED) is 0.421. The molecule has 0 unspecified atom stereocenters. The summed E-state index contributed by atoms with van der Waals surface area (Å²) >= 11 is 6.26. The van der Waals surface area contributed by atoms with Crippen LogP contribution in [0, 0.1) is 12.7 Å². The first-order chi connectivity index (χ1) is 14.9. The zero-order chi connectivity index (χ0) is 22.1. The van der Waals surface area contributed by atoms with Crippen LogP contribution in [0.15, 0.2) is 65.6 Å². The maximum atomic E-state index is 13.6. The van der Waals surface area contributed by atoms with Crippen LogP contribution in [0.25, 0.3) is 22.0 Å². The van der Waals surface area contributed by atoms with Crippen molar-refractivity contribution in [2.24, 2.45) is 0 Å². The number of methoxy groups -OCH3 is 1. The summed E-state index contributed by atoms with van der Waals surface area (Å²) in [4.78, 5) is 24.4. The van der Waals surface area contributed by atoms with E-state index in [2.05, 4.69) is 0 Å². The van der Waals surface area contributed by atoms with Gasteiger partial charge in [-0.25, -0.2) is 4.39 Å². The van der Waals surface area contributed by atoms with Crippen LogP contribution in [0.2, 0.25) is 5.02 Å². The minimum atomic E-state index is -0.363. The smallest absolute Gasteiger partial charge is 0.325 e. The largest absolute Gasteiger partial charge is 0.468 e. The molecule has 0 aliphatic rings. The number of hydrogen-bond donors (Lipinski definition) is 0. The van der Waals surface area contributed by atoms with E-state index < -0.39 is 0 Å². The van der Waals surface area contributed by atoms with Gasteiger partial charge in [0, 0.05) is 45.0 Å². The molecule has 0 aliphatic heterocycles. The van der Waals surface area contributed by atoms with Crippen LogP contribution in [0.3, 0.4) is 0 Å². The number of esters is 1. The number of carbonyl (C=O) groups is 1. The van der Waals surface area contributed by atoms with Gasteiger partial charge in [-0.15, -0.1) is 0 Å². The normalized spacial score (nSPS) is 11.1. The molecule has 2 aromatic carbocycles. The Hall–Kier alpha value is -3.38. The van der Waals surface area contributed by atoms with Crippen molar-refractivity contribution in [1.82, 2.24) is 9.13 Å². The van der Waals surface area contributed by atoms with Crippen molar-refractivity contribution in [3.05, 3.63) is 93.2 Å². The van der Waals surface area contributed by atoms with E-state index in [0.29, 0.717) is 10.6 Å². The molecule has 0 saturated carbocycles. The third kappa shape index (κ3) is 4.11. The van der Waals surface area contributed by atoms with Crippen molar-refractivity contribution < 1.29 is 13.9 Å². The lowest BCUT2D eigenvalue weighted by Crippen LogP contribution is -2.19. The second-order valence-corrected chi connectivity index (χ2v) is 7.73. The zero-order valence-corrected chi connectivity index (χ0v) is 17.8. The molecule has 2 aromatic heterocycles. The number of halogens is 2. The minimum Gasteiger partial charge on any atom is -0.468 e. The van der Waals surface area contributed by atoms with Gasteiger partial charge in [-0.1, -0.05) is 23.7 Å². The Bertz CT molecular complexity index is 1360. The Labute approximate surface area is 183 Å². The van der Waals surface area contributed by atoms with E-state index in [1.54, 1.807) is 30.5 Å². The SMILES string of the molecule is COC(=O)Cn1c(C)c(-c2ccc(=O)n(Cc3cccc(F)c3)c2)c2cc(Cl)ccc21. The molecule has 5 nitrogen and oxygen atoms in total. The van der Waals surface area contributed by atoms with Crippen molar-refractivity contribution in [2.45, 2.75) is 20.0 Å². The second kappa shape index (κ2) is 8.40. The van der Waals surface area contributed by atoms with Gasteiger partial charge < -0.3 is 13.9 Å². The fraction of sp³-hybridized carbons (Fsp3) is 0.167. The van der Waals surface area contributed by atoms with Crippen molar-refractivity contribution in [3.63, 3.8) is 0 Å². The molecule has 0 N–H and O–H groups in total. The summed E-state index contributed by atoms with van der Waals surface area (Å²) in [5, 5.41) is 1.43. The van der Waals surface area contributed by atoms with E-state index >= 15 is 0 Å². The summed E-state index contributed by atoms with van der Waals surface area (Å²) in [6.45, 7) is 2.21. The van der Waals surface area contributed by atoms with E-state index in [1.807, 2.05) is 23.6 Å². The van der Waals surface area contributed by atoms with Gasteiger partial charge in [-0.05, 0) is 48.9 Å². The lowest BCUT2D eigenvalue weighted by molar-refractivity contribution is -0.141. The Morgan fingerprint density at radius 3 is 2.68 bits per heavy atom. The predicted octanol–water partition coefficient (Wildman–Crippen LogP) is 4.79. The summed E-state index contributed by atoms with van der Waals surface area (Å²) in [5.74, 6) is -0.712. The molecule has 7 heteroatoms. The average Bonchev–Trinajstić information content (AvgIpc) is 3.00. The number of ether oxygens (including phenoxy) is 1. The van der Waals surface area contributed by atoms with Crippen LogP contribution >= 0.6 is 11.6 Å². The van der Waals surface area contributed by atoms with E-state index in [-0.39, 0.29) is 30.4 Å². The lowest BCUT2D eigenvalue weighted by atomic mass is 10.0. The van der Waals surface area contributed by atoms with Crippen molar-refractivity contribution in [2.75, 3.05) is 7.11 Å². The number of nitrogens with zero attached hydrogens (tertiary/aromatic N) is 2. The second-order valence-electron chi connectivity index (χ2n) is 7.30. The van der Waals surface area contributed by atoms with E-state index in [4.69, 9.17) is 16.3 Å². The highest BCUT2D eigenvalue weighted by Crippen LogP contribution is 2.36. The molecular formula is C24H20ClFN2O3. The molecule has 0 atom stereocenters. The van der Waals surface area contributed by atoms with Gasteiger partial charge in [0.1, 0.15) is 12.4 Å². The van der Waals surface area contributed by atoms with Crippen molar-refractivity contribution in [3.8, 4) is 11.1 Å². The Morgan fingerprint density at radius 2 is 1.94 bits per heavy atom. The topological polar surface area (TPSA) is 53.2 Å². The van der Waals surface area contributed by atoms with Gasteiger partial charge in [0.15, 0.2) is 0 Å². The molecular weight excluding hydrogens is 419 g/mol. The number of pyridine rings is 1. The molecule has 0 amide bonds. The standard InChI is InChI=1S/C24H20ClFN2O3/c1-15-24(20-11-18(25)7-8-21(20)28(15)14-23(30)31-2)17-6-9-22(29)27(13-17)12-16-4-3-5-19(26)10-16/h3-11,13H,12,14H2,1-2H3. The summed E-state index contributed by atoms with van der Waals surface area (Å²) in [7, 11) is 1.35. The molecule has 0 bridgehead atoms. The Balaban J connectivity index is 1.87. The van der Waals surface area contributed by atoms with Crippen molar-refractivity contribution in [1.29, 1.82) is 0 Å². The molecule has 0 fully saturated rings. The Morgan fingerprint density at radius 1 is 1.13 bits per heavy atom. The average molecular weight is 439 g/mol. The molecule has 4 aromatic rings. The monoisotopic (exact) mass is 438 g/mol. The maximum absolute atomic E-state index is 13.6. The summed E-state index contributed by atoms with van der Waals surface area (Å²) in [5.41, 5.74) is 3.84. The number of hydrogen-bond acceptors (Lipinski definition) is 3. The molecule has 0 saturated heterocycles. The van der Waals surface area contributed by atoms with Gasteiger partial charge >= 0.3 is 5.97 Å². The summed E-state index contributed by atoms with van der Waals surface area (Å²) in [6, 6.07) is 14.9. The van der Waals surface area contributed by atoms with Crippen LogP contribution in [-0.2, 0) is 22.6 Å². The van der Waals surface area contributed by atoms with Crippen molar-refractivity contribution >= 4 is 28.5 Å².